The summed E-state index contributed by atoms with van der Waals surface area (Å²) < 4.78 is 0. The molecule has 1 aromatic rings. The van der Waals surface area contributed by atoms with Gasteiger partial charge in [0, 0.05) is 6.42 Å². The van der Waals surface area contributed by atoms with Crippen LogP contribution in [0.15, 0.2) is 11.4 Å². The molecule has 0 radical (unpaired) electrons. The van der Waals surface area contributed by atoms with Crippen molar-refractivity contribution in [1.82, 2.24) is 0 Å². The van der Waals surface area contributed by atoms with Crippen molar-refractivity contribution in [3.8, 4) is 12.3 Å². The fraction of sp³-hybridized carbons (Fsp3) is 0.250. The van der Waals surface area contributed by atoms with E-state index in [2.05, 4.69) is 5.92 Å². The maximum Gasteiger partial charge on any atom is 0.101 e. The Balaban J connectivity index is 2.77. The van der Waals surface area contributed by atoms with E-state index >= 15 is 0 Å². The Morgan fingerprint density at radius 1 is 1.82 bits per heavy atom. The minimum Gasteiger partial charge on any atom is -0.387 e. The highest BCUT2D eigenvalue weighted by atomic mass is 35.5. The molecule has 1 rings (SSSR count). The lowest BCUT2D eigenvalue weighted by atomic mass is 10.2. The molecule has 0 aliphatic rings. The first kappa shape index (κ1) is 8.61. The van der Waals surface area contributed by atoms with Crippen LogP contribution in [0.4, 0.5) is 0 Å². The molecule has 0 aromatic carbocycles. The summed E-state index contributed by atoms with van der Waals surface area (Å²) in [7, 11) is 0. The summed E-state index contributed by atoms with van der Waals surface area (Å²) in [6, 6.07) is 1.75. The van der Waals surface area contributed by atoms with Gasteiger partial charge in [-0.15, -0.1) is 23.7 Å². The number of halogens is 1. The number of aliphatic hydroxyl groups excluding tert-OH is 1. The van der Waals surface area contributed by atoms with Crippen molar-refractivity contribution in [1.29, 1.82) is 0 Å². The fourth-order valence-corrected chi connectivity index (χ4v) is 1.92. The van der Waals surface area contributed by atoms with E-state index in [-0.39, 0.29) is 0 Å². The third kappa shape index (κ3) is 1.97. The normalized spacial score (nSPS) is 12.5. The quantitative estimate of drug-likeness (QED) is 0.704. The van der Waals surface area contributed by atoms with Crippen LogP contribution in [0.1, 0.15) is 17.4 Å². The van der Waals surface area contributed by atoms with Gasteiger partial charge in [-0.3, -0.25) is 0 Å². The number of thiophene rings is 1. The Morgan fingerprint density at radius 3 is 3.00 bits per heavy atom. The van der Waals surface area contributed by atoms with Crippen molar-refractivity contribution in [2.24, 2.45) is 0 Å². The van der Waals surface area contributed by atoms with Crippen LogP contribution in [0.25, 0.3) is 0 Å². The van der Waals surface area contributed by atoms with Crippen LogP contribution in [-0.4, -0.2) is 5.11 Å². The number of hydrogen-bond donors (Lipinski definition) is 1. The lowest BCUT2D eigenvalue weighted by Crippen LogP contribution is -1.92. The molecule has 0 saturated carbocycles. The van der Waals surface area contributed by atoms with E-state index in [9.17, 15) is 5.11 Å². The lowest BCUT2D eigenvalue weighted by molar-refractivity contribution is 0.188. The van der Waals surface area contributed by atoms with Crippen LogP contribution < -0.4 is 0 Å². The zero-order valence-electron chi connectivity index (χ0n) is 5.75. The summed E-state index contributed by atoms with van der Waals surface area (Å²) in [5.74, 6) is 2.38. The van der Waals surface area contributed by atoms with Gasteiger partial charge in [-0.25, -0.2) is 0 Å². The summed E-state index contributed by atoms with van der Waals surface area (Å²) in [5.41, 5.74) is 0. The van der Waals surface area contributed by atoms with E-state index in [4.69, 9.17) is 18.0 Å². The van der Waals surface area contributed by atoms with Crippen LogP contribution in [0, 0.1) is 12.3 Å². The second-order valence-electron chi connectivity index (χ2n) is 2.06. The molecular weight excluding hydrogens is 180 g/mol. The Bertz CT molecular complexity index is 274. The number of terminal acetylenes is 1. The maximum atomic E-state index is 9.37. The van der Waals surface area contributed by atoms with Crippen molar-refractivity contribution in [3.63, 3.8) is 0 Å². The highest BCUT2D eigenvalue weighted by molar-refractivity contribution is 7.10. The molecule has 3 heteroatoms. The fourth-order valence-electron chi connectivity index (χ4n) is 0.748. The Kier molecular flexibility index (Phi) is 2.95. The van der Waals surface area contributed by atoms with Gasteiger partial charge < -0.3 is 5.11 Å². The van der Waals surface area contributed by atoms with Crippen molar-refractivity contribution in [2.45, 2.75) is 12.5 Å². The van der Waals surface area contributed by atoms with E-state index in [0.717, 1.165) is 4.88 Å². The van der Waals surface area contributed by atoms with Crippen molar-refractivity contribution < 1.29 is 5.11 Å². The molecule has 0 spiro atoms. The maximum absolute atomic E-state index is 9.37. The monoisotopic (exact) mass is 186 g/mol. The number of hydrogen-bond acceptors (Lipinski definition) is 2. The molecule has 1 unspecified atom stereocenters. The topological polar surface area (TPSA) is 20.2 Å². The minimum atomic E-state index is -0.604. The highest BCUT2D eigenvalue weighted by Gasteiger charge is 2.10. The molecule has 1 N–H and O–H groups in total. The Hall–Kier alpha value is -0.490. The van der Waals surface area contributed by atoms with Crippen LogP contribution in [0.3, 0.4) is 0 Å². The molecule has 0 fully saturated rings. The summed E-state index contributed by atoms with van der Waals surface area (Å²) in [6.07, 6.45) is 4.75. The molecule has 0 aliphatic heterocycles. The lowest BCUT2D eigenvalue weighted by Gasteiger charge is -2.03. The molecule has 0 amide bonds. The Labute approximate surface area is 74.6 Å². The van der Waals surface area contributed by atoms with Crippen molar-refractivity contribution in [3.05, 3.63) is 21.3 Å². The molecule has 1 nitrogen and oxygen atoms in total. The van der Waals surface area contributed by atoms with Gasteiger partial charge in [-0.05, 0) is 11.4 Å². The highest BCUT2D eigenvalue weighted by Crippen LogP contribution is 2.29. The molecule has 11 heavy (non-hydrogen) atoms. The molecule has 0 saturated heterocycles. The van der Waals surface area contributed by atoms with Crippen LogP contribution in [0.5, 0.6) is 0 Å². The van der Waals surface area contributed by atoms with E-state index in [1.165, 1.54) is 11.3 Å². The van der Waals surface area contributed by atoms with Crippen LogP contribution in [-0.2, 0) is 0 Å². The standard InChI is InChI=1S/C8H7ClOS/c1-2-3-7(10)8-6(9)4-5-11-8/h1,4-5,7,10H,3H2. The van der Waals surface area contributed by atoms with E-state index < -0.39 is 6.10 Å². The van der Waals surface area contributed by atoms with Gasteiger partial charge in [0.15, 0.2) is 0 Å². The molecule has 1 aromatic heterocycles. The van der Waals surface area contributed by atoms with Gasteiger partial charge in [-0.2, -0.15) is 0 Å². The SMILES string of the molecule is C#CCC(O)c1sccc1Cl. The molecule has 1 atom stereocenters. The average molecular weight is 187 g/mol. The van der Waals surface area contributed by atoms with Crippen molar-refractivity contribution >= 4 is 22.9 Å². The third-order valence-electron chi connectivity index (χ3n) is 1.26. The molecular formula is C8H7ClOS. The summed E-state index contributed by atoms with van der Waals surface area (Å²) in [4.78, 5) is 0.754. The summed E-state index contributed by atoms with van der Waals surface area (Å²) in [5, 5.41) is 11.8. The van der Waals surface area contributed by atoms with E-state index in [1.807, 2.05) is 5.38 Å². The Morgan fingerprint density at radius 2 is 2.55 bits per heavy atom. The average Bonchev–Trinajstić information content (AvgIpc) is 2.36. The van der Waals surface area contributed by atoms with Gasteiger partial charge in [0.1, 0.15) is 6.10 Å². The van der Waals surface area contributed by atoms with E-state index in [0.29, 0.717) is 11.4 Å². The third-order valence-corrected chi connectivity index (χ3v) is 2.72. The van der Waals surface area contributed by atoms with Crippen molar-refractivity contribution in [2.75, 3.05) is 0 Å². The second-order valence-corrected chi connectivity index (χ2v) is 3.41. The largest absolute Gasteiger partial charge is 0.387 e. The first-order chi connectivity index (χ1) is 5.25. The smallest absolute Gasteiger partial charge is 0.101 e. The first-order valence-electron chi connectivity index (χ1n) is 3.10. The van der Waals surface area contributed by atoms with Gasteiger partial charge in [0.2, 0.25) is 0 Å². The van der Waals surface area contributed by atoms with Crippen LogP contribution in [0.2, 0.25) is 5.02 Å². The number of aliphatic hydroxyl groups is 1. The van der Waals surface area contributed by atoms with Gasteiger partial charge in [0.25, 0.3) is 0 Å². The second kappa shape index (κ2) is 3.77. The molecule has 58 valence electrons. The minimum absolute atomic E-state index is 0.320. The summed E-state index contributed by atoms with van der Waals surface area (Å²) in [6.45, 7) is 0. The predicted molar refractivity (Wildman–Crippen MR) is 47.7 cm³/mol. The van der Waals surface area contributed by atoms with Gasteiger partial charge >= 0.3 is 0 Å². The molecule has 0 bridgehead atoms. The van der Waals surface area contributed by atoms with E-state index in [1.54, 1.807) is 6.07 Å². The van der Waals surface area contributed by atoms with Gasteiger partial charge in [0.05, 0.1) is 9.90 Å². The first-order valence-corrected chi connectivity index (χ1v) is 4.36. The zero-order chi connectivity index (χ0) is 8.27. The van der Waals surface area contributed by atoms with Gasteiger partial charge in [-0.1, -0.05) is 11.6 Å². The summed E-state index contributed by atoms with van der Waals surface area (Å²) >= 11 is 7.17. The number of rotatable bonds is 2. The van der Waals surface area contributed by atoms with Crippen LogP contribution >= 0.6 is 22.9 Å². The zero-order valence-corrected chi connectivity index (χ0v) is 7.32. The predicted octanol–water partition coefficient (Wildman–Crippen LogP) is 2.46. The molecule has 1 heterocycles. The molecule has 0 aliphatic carbocycles.